The molecule has 1 heterocycles. The van der Waals surface area contributed by atoms with Gasteiger partial charge in [0.1, 0.15) is 18.7 Å². The number of amides is 7. The van der Waals surface area contributed by atoms with Crippen LogP contribution in [0.1, 0.15) is 64.4 Å². The summed E-state index contributed by atoms with van der Waals surface area (Å²) in [6.07, 6.45) is 4.42. The maximum absolute atomic E-state index is 13.3. The Bertz CT molecular complexity index is 1200. The zero-order chi connectivity index (χ0) is 33.4. The minimum atomic E-state index is -0.981. The van der Waals surface area contributed by atoms with E-state index in [1.54, 1.807) is 44.4 Å². The predicted molar refractivity (Wildman–Crippen MR) is 169 cm³/mol. The van der Waals surface area contributed by atoms with Gasteiger partial charge in [0.15, 0.2) is 0 Å². The first-order valence-electron chi connectivity index (χ1n) is 14.9. The van der Waals surface area contributed by atoms with Crippen molar-refractivity contribution in [1.29, 1.82) is 0 Å². The van der Waals surface area contributed by atoms with Crippen molar-refractivity contribution in [2.24, 2.45) is 11.7 Å². The Morgan fingerprint density at radius 2 is 1.76 bits per heavy atom. The van der Waals surface area contributed by atoms with E-state index in [1.807, 2.05) is 0 Å². The van der Waals surface area contributed by atoms with Crippen LogP contribution in [0.3, 0.4) is 0 Å². The van der Waals surface area contributed by atoms with Crippen molar-refractivity contribution < 1.29 is 38.3 Å². The van der Waals surface area contributed by atoms with Crippen LogP contribution in [0.25, 0.3) is 0 Å². The third-order valence-corrected chi connectivity index (χ3v) is 8.12. The van der Waals surface area contributed by atoms with Crippen molar-refractivity contribution in [2.75, 3.05) is 24.7 Å². The van der Waals surface area contributed by atoms with Gasteiger partial charge in [0.05, 0.1) is 5.25 Å². The number of hydrogen-bond acceptors (Lipinski definition) is 9. The largest absolute Gasteiger partial charge is 0.463 e. The first-order chi connectivity index (χ1) is 21.5. The minimum absolute atomic E-state index is 0.0882. The van der Waals surface area contributed by atoms with Crippen LogP contribution in [-0.4, -0.2) is 83.6 Å². The van der Waals surface area contributed by atoms with Crippen LogP contribution in [0, 0.1) is 5.92 Å². The normalized spacial score (nSPS) is 15.7. The number of unbranched alkanes of at least 4 members (excludes halogenated alkanes) is 2. The average Bonchev–Trinajstić information content (AvgIpc) is 3.28. The fourth-order valence-corrected chi connectivity index (χ4v) is 5.31. The Labute approximate surface area is 267 Å². The molecule has 14 nitrogen and oxygen atoms in total. The summed E-state index contributed by atoms with van der Waals surface area (Å²) in [4.78, 5) is 86.2. The molecule has 2 rings (SSSR count). The van der Waals surface area contributed by atoms with E-state index in [4.69, 9.17) is 10.5 Å². The average molecular weight is 649 g/mol. The number of rotatable bonds is 20. The molecule has 1 aliphatic heterocycles. The Hall–Kier alpha value is -4.14. The van der Waals surface area contributed by atoms with E-state index in [0.717, 1.165) is 5.56 Å². The molecule has 6 N–H and O–H groups in total. The lowest BCUT2D eigenvalue weighted by atomic mass is 10.0. The summed E-state index contributed by atoms with van der Waals surface area (Å²) in [6.45, 7) is 4.50. The third kappa shape index (κ3) is 12.8. The number of nitrogens with zero attached hydrogens (tertiary/aromatic N) is 1. The highest BCUT2D eigenvalue weighted by molar-refractivity contribution is 8.00. The van der Waals surface area contributed by atoms with Crippen LogP contribution >= 0.6 is 11.8 Å². The number of nitrogens with two attached hydrogens (primary N) is 1. The lowest BCUT2D eigenvalue weighted by Crippen LogP contribution is -2.54. The van der Waals surface area contributed by atoms with Gasteiger partial charge in [-0.15, -0.1) is 0 Å². The molecule has 45 heavy (non-hydrogen) atoms. The number of ether oxygens (including phenoxy) is 1. The van der Waals surface area contributed by atoms with Gasteiger partial charge in [-0.2, -0.15) is 11.8 Å². The summed E-state index contributed by atoms with van der Waals surface area (Å²) in [5.74, 6) is -1.97. The zero-order valence-corrected chi connectivity index (χ0v) is 26.8. The van der Waals surface area contributed by atoms with E-state index in [0.29, 0.717) is 44.4 Å². The minimum Gasteiger partial charge on any atom is -0.463 e. The molecule has 1 aliphatic rings. The Kier molecular flexibility index (Phi) is 15.9. The first-order valence-corrected chi connectivity index (χ1v) is 16.2. The van der Waals surface area contributed by atoms with Crippen LogP contribution in [0.2, 0.25) is 0 Å². The maximum Gasteiger partial charge on any atom is 0.312 e. The second-order valence-corrected chi connectivity index (χ2v) is 12.0. The summed E-state index contributed by atoms with van der Waals surface area (Å²) in [6, 6.07) is 4.04. The number of hydrogen-bond donors (Lipinski definition) is 5. The van der Waals surface area contributed by atoms with Crippen LogP contribution < -0.4 is 27.0 Å². The number of imide groups is 1. The molecule has 0 saturated carbocycles. The monoisotopic (exact) mass is 648 g/mol. The summed E-state index contributed by atoms with van der Waals surface area (Å²) in [7, 11) is 0. The standard InChI is InChI=1S/C30H44N6O8S/c1-19(2)26(35-24(38)9-5-4-6-15-36-25(39)16-23(45-3)29(36)42)28(41)34-22(8-7-14-32-30(31)43)27(40)33-21-12-10-20(11-13-21)17-44-18-37/h10-13,18-19,22-23,26H,4-9,14-17H2,1-3H3,(H,33,40)(H,34,41)(H,35,38)(H3,31,32,43)/t22-,23?,26-/m0/s1. The van der Waals surface area contributed by atoms with Crippen molar-refractivity contribution in [3.05, 3.63) is 29.8 Å². The van der Waals surface area contributed by atoms with E-state index in [2.05, 4.69) is 21.3 Å². The maximum atomic E-state index is 13.3. The van der Waals surface area contributed by atoms with Crippen molar-refractivity contribution in [1.82, 2.24) is 20.9 Å². The van der Waals surface area contributed by atoms with Gasteiger partial charge in [0, 0.05) is 31.6 Å². The van der Waals surface area contributed by atoms with E-state index < -0.39 is 29.9 Å². The molecule has 0 spiro atoms. The van der Waals surface area contributed by atoms with Gasteiger partial charge in [-0.25, -0.2) is 4.79 Å². The Balaban J connectivity index is 1.92. The molecule has 15 heteroatoms. The van der Waals surface area contributed by atoms with Crippen LogP contribution in [0.5, 0.6) is 0 Å². The molecular formula is C30H44N6O8S. The van der Waals surface area contributed by atoms with Gasteiger partial charge in [-0.1, -0.05) is 32.4 Å². The molecule has 3 atom stereocenters. The van der Waals surface area contributed by atoms with E-state index in [1.165, 1.54) is 16.7 Å². The zero-order valence-electron chi connectivity index (χ0n) is 26.0. The molecule has 0 radical (unpaired) electrons. The number of nitrogens with one attached hydrogen (secondary N) is 4. The van der Waals surface area contributed by atoms with Crippen LogP contribution in [0.15, 0.2) is 24.3 Å². The number of urea groups is 1. The molecule has 0 bridgehead atoms. The Morgan fingerprint density at radius 3 is 2.36 bits per heavy atom. The highest BCUT2D eigenvalue weighted by Crippen LogP contribution is 2.23. The van der Waals surface area contributed by atoms with E-state index in [9.17, 15) is 33.6 Å². The number of thioether (sulfide) groups is 1. The van der Waals surface area contributed by atoms with Crippen LogP contribution in [0.4, 0.5) is 10.5 Å². The molecule has 1 aromatic rings. The highest BCUT2D eigenvalue weighted by Gasteiger charge is 2.37. The van der Waals surface area contributed by atoms with Gasteiger partial charge in [-0.3, -0.25) is 33.7 Å². The first kappa shape index (κ1) is 37.0. The number of anilines is 1. The van der Waals surface area contributed by atoms with Gasteiger partial charge >= 0.3 is 6.03 Å². The fourth-order valence-electron chi connectivity index (χ4n) is 4.68. The lowest BCUT2D eigenvalue weighted by molar-refractivity contribution is -0.138. The van der Waals surface area contributed by atoms with Crippen molar-refractivity contribution >= 4 is 59.5 Å². The number of carbonyl (C=O) groups excluding carboxylic acids is 7. The smallest absolute Gasteiger partial charge is 0.312 e. The van der Waals surface area contributed by atoms with Gasteiger partial charge < -0.3 is 31.7 Å². The van der Waals surface area contributed by atoms with Crippen LogP contribution in [-0.2, 0) is 40.1 Å². The highest BCUT2D eigenvalue weighted by atomic mass is 32.2. The summed E-state index contributed by atoms with van der Waals surface area (Å²) >= 11 is 1.37. The molecule has 0 aliphatic carbocycles. The predicted octanol–water partition coefficient (Wildman–Crippen LogP) is 1.42. The number of likely N-dealkylation sites (tertiary alicyclic amines) is 1. The molecule has 0 aromatic heterocycles. The second-order valence-electron chi connectivity index (χ2n) is 11.0. The van der Waals surface area contributed by atoms with E-state index in [-0.39, 0.29) is 61.3 Å². The Morgan fingerprint density at radius 1 is 1.04 bits per heavy atom. The van der Waals surface area contributed by atoms with Crippen molar-refractivity contribution in [3.63, 3.8) is 0 Å². The molecule has 1 saturated heterocycles. The molecule has 248 valence electrons. The summed E-state index contributed by atoms with van der Waals surface area (Å²) in [5, 5.41) is 10.4. The van der Waals surface area contributed by atoms with Gasteiger partial charge in [0.25, 0.3) is 6.47 Å². The third-order valence-electron chi connectivity index (χ3n) is 7.18. The molecule has 1 aromatic carbocycles. The van der Waals surface area contributed by atoms with E-state index >= 15 is 0 Å². The van der Waals surface area contributed by atoms with Gasteiger partial charge in [-0.05, 0) is 55.6 Å². The lowest BCUT2D eigenvalue weighted by Gasteiger charge is -2.25. The van der Waals surface area contributed by atoms with Gasteiger partial charge in [0.2, 0.25) is 29.5 Å². The topological polar surface area (TPSA) is 206 Å². The number of carbonyl (C=O) groups is 7. The SMILES string of the molecule is CSC1CC(=O)N(CCCCCC(=O)N[C@H](C(=O)N[C@@H](CCCNC(N)=O)C(=O)Nc2ccc(COC=O)cc2)C(C)C)C1=O. The summed E-state index contributed by atoms with van der Waals surface area (Å²) < 4.78 is 4.72. The summed E-state index contributed by atoms with van der Waals surface area (Å²) in [5.41, 5.74) is 6.30. The molecule has 7 amide bonds. The second kappa shape index (κ2) is 19.3. The number of primary amides is 1. The molecule has 1 unspecified atom stereocenters. The quantitative estimate of drug-likeness (QED) is 0.0786. The molecule has 1 fully saturated rings. The van der Waals surface area contributed by atoms with Crippen molar-refractivity contribution in [3.8, 4) is 0 Å². The number of benzene rings is 1. The molecular weight excluding hydrogens is 604 g/mol. The van der Waals surface area contributed by atoms with Crippen molar-refractivity contribution in [2.45, 2.75) is 82.7 Å². The fraction of sp³-hybridized carbons (Fsp3) is 0.567.